The largest absolute Gasteiger partial charge is 0.497 e. The van der Waals surface area contributed by atoms with Gasteiger partial charge in [0.2, 0.25) is 0 Å². The number of nitrogens with zero attached hydrogens (tertiary/aromatic N) is 2. The van der Waals surface area contributed by atoms with Gasteiger partial charge in [-0.3, -0.25) is 4.90 Å². The highest BCUT2D eigenvalue weighted by Crippen LogP contribution is 2.19. The Labute approximate surface area is 196 Å². The lowest BCUT2D eigenvalue weighted by atomic mass is 10.1. The van der Waals surface area contributed by atoms with Crippen LogP contribution in [0.2, 0.25) is 0 Å². The molecule has 0 aliphatic heterocycles. The van der Waals surface area contributed by atoms with Crippen LogP contribution in [-0.4, -0.2) is 83.8 Å². The van der Waals surface area contributed by atoms with Crippen molar-refractivity contribution in [3.63, 3.8) is 0 Å². The van der Waals surface area contributed by atoms with Gasteiger partial charge in [0, 0.05) is 19.6 Å². The first kappa shape index (κ1) is 26.4. The number of carbonyl (C=O) groups excluding carboxylic acids is 1. The molecule has 0 heterocycles. The number of hydrogen-bond acceptors (Lipinski definition) is 7. The molecule has 0 aromatic heterocycles. The van der Waals surface area contributed by atoms with Crippen molar-refractivity contribution in [2.24, 2.45) is 0 Å². The molecule has 0 saturated heterocycles. The van der Waals surface area contributed by atoms with E-state index in [9.17, 15) is 4.79 Å². The van der Waals surface area contributed by atoms with Crippen LogP contribution in [0.1, 0.15) is 11.1 Å². The number of rotatable bonds is 15. The first-order valence-electron chi connectivity index (χ1n) is 11.0. The van der Waals surface area contributed by atoms with Crippen LogP contribution in [0.25, 0.3) is 0 Å². The number of carbonyl (C=O) groups is 1. The number of amides is 1. The van der Waals surface area contributed by atoms with Crippen LogP contribution in [0.5, 0.6) is 11.5 Å². The van der Waals surface area contributed by atoms with Crippen molar-refractivity contribution in [1.82, 2.24) is 9.80 Å². The second-order valence-electron chi connectivity index (χ2n) is 7.70. The van der Waals surface area contributed by atoms with Crippen LogP contribution in [0.3, 0.4) is 0 Å². The molecule has 0 N–H and O–H groups in total. The molecule has 0 aliphatic carbocycles. The summed E-state index contributed by atoms with van der Waals surface area (Å²) in [5.74, 6) is 1.48. The highest BCUT2D eigenvalue weighted by molar-refractivity contribution is 5.67. The van der Waals surface area contributed by atoms with Crippen molar-refractivity contribution in [2.75, 3.05) is 67.9 Å². The Bertz CT molecular complexity index is 781. The van der Waals surface area contributed by atoms with Crippen LogP contribution in [0.15, 0.2) is 48.5 Å². The lowest BCUT2D eigenvalue weighted by Gasteiger charge is -2.23. The van der Waals surface area contributed by atoms with E-state index in [1.807, 2.05) is 62.6 Å². The van der Waals surface area contributed by atoms with Gasteiger partial charge in [0.15, 0.2) is 0 Å². The number of ether oxygens (including phenoxy) is 5. The van der Waals surface area contributed by atoms with Gasteiger partial charge in [-0.1, -0.05) is 24.3 Å². The predicted molar refractivity (Wildman–Crippen MR) is 127 cm³/mol. The molecule has 33 heavy (non-hydrogen) atoms. The minimum absolute atomic E-state index is 0.170. The Morgan fingerprint density at radius 3 is 1.79 bits per heavy atom. The maximum absolute atomic E-state index is 12.9. The fourth-order valence-corrected chi connectivity index (χ4v) is 3.02. The van der Waals surface area contributed by atoms with Gasteiger partial charge >= 0.3 is 6.09 Å². The Morgan fingerprint density at radius 1 is 0.758 bits per heavy atom. The fourth-order valence-electron chi connectivity index (χ4n) is 3.02. The highest BCUT2D eigenvalue weighted by Gasteiger charge is 2.17. The van der Waals surface area contributed by atoms with E-state index in [0.717, 1.165) is 29.2 Å². The van der Waals surface area contributed by atoms with Gasteiger partial charge < -0.3 is 28.6 Å². The SMILES string of the molecule is COc1cccc(CN(Cc2cccc(OC)c2)C(=O)OCCOCCOCCN(C)C)c1. The van der Waals surface area contributed by atoms with Crippen molar-refractivity contribution in [2.45, 2.75) is 13.1 Å². The Hall–Kier alpha value is -2.81. The van der Waals surface area contributed by atoms with E-state index < -0.39 is 6.09 Å². The molecule has 1 amide bonds. The molecule has 0 atom stereocenters. The van der Waals surface area contributed by atoms with Crippen molar-refractivity contribution >= 4 is 6.09 Å². The minimum Gasteiger partial charge on any atom is -0.497 e. The lowest BCUT2D eigenvalue weighted by Crippen LogP contribution is -2.31. The average Bonchev–Trinajstić information content (AvgIpc) is 2.82. The summed E-state index contributed by atoms with van der Waals surface area (Å²) in [4.78, 5) is 16.6. The maximum Gasteiger partial charge on any atom is 0.410 e. The molecule has 0 bridgehead atoms. The van der Waals surface area contributed by atoms with E-state index in [0.29, 0.717) is 39.5 Å². The molecule has 0 saturated carbocycles. The molecule has 8 heteroatoms. The molecular weight excluding hydrogens is 424 g/mol. The lowest BCUT2D eigenvalue weighted by molar-refractivity contribution is 0.0186. The van der Waals surface area contributed by atoms with Gasteiger partial charge in [0.1, 0.15) is 18.1 Å². The molecule has 0 unspecified atom stereocenters. The van der Waals surface area contributed by atoms with Gasteiger partial charge in [-0.25, -0.2) is 4.79 Å². The zero-order valence-electron chi connectivity index (χ0n) is 20.1. The van der Waals surface area contributed by atoms with Gasteiger partial charge in [-0.05, 0) is 49.5 Å². The molecule has 0 radical (unpaired) electrons. The van der Waals surface area contributed by atoms with Crippen molar-refractivity contribution in [3.8, 4) is 11.5 Å². The first-order chi connectivity index (χ1) is 16.0. The smallest absolute Gasteiger partial charge is 0.410 e. The van der Waals surface area contributed by atoms with E-state index in [1.54, 1.807) is 19.1 Å². The Morgan fingerprint density at radius 2 is 1.27 bits per heavy atom. The summed E-state index contributed by atoms with van der Waals surface area (Å²) in [6.45, 7) is 3.75. The van der Waals surface area contributed by atoms with E-state index >= 15 is 0 Å². The third kappa shape index (κ3) is 10.6. The van der Waals surface area contributed by atoms with Crippen LogP contribution in [0, 0.1) is 0 Å². The van der Waals surface area contributed by atoms with Crippen molar-refractivity contribution in [3.05, 3.63) is 59.7 Å². The van der Waals surface area contributed by atoms with Crippen LogP contribution in [0.4, 0.5) is 4.79 Å². The second kappa shape index (κ2) is 15.1. The van der Waals surface area contributed by atoms with Crippen LogP contribution < -0.4 is 9.47 Å². The number of likely N-dealkylation sites (N-methyl/N-ethyl adjacent to an activating group) is 1. The minimum atomic E-state index is -0.411. The Kier molecular flexibility index (Phi) is 12.1. The molecule has 182 valence electrons. The summed E-state index contributed by atoms with van der Waals surface area (Å²) >= 11 is 0. The van der Waals surface area contributed by atoms with Crippen LogP contribution in [-0.2, 0) is 27.3 Å². The third-order valence-corrected chi connectivity index (χ3v) is 4.78. The molecule has 0 spiro atoms. The zero-order chi connectivity index (χ0) is 23.9. The molecule has 2 rings (SSSR count). The average molecular weight is 461 g/mol. The molecular formula is C25H36N2O6. The summed E-state index contributed by atoms with van der Waals surface area (Å²) < 4.78 is 27.1. The van der Waals surface area contributed by atoms with E-state index in [1.165, 1.54) is 0 Å². The van der Waals surface area contributed by atoms with Gasteiger partial charge in [0.25, 0.3) is 0 Å². The highest BCUT2D eigenvalue weighted by atomic mass is 16.6. The number of benzene rings is 2. The summed E-state index contributed by atoms with van der Waals surface area (Å²) in [5, 5.41) is 0. The number of hydrogen-bond donors (Lipinski definition) is 0. The summed E-state index contributed by atoms with van der Waals surface area (Å²) in [5.41, 5.74) is 1.89. The summed E-state index contributed by atoms with van der Waals surface area (Å²) in [6.07, 6.45) is -0.411. The van der Waals surface area contributed by atoms with E-state index in [4.69, 9.17) is 23.7 Å². The standard InChI is InChI=1S/C25H36N2O6/c1-26(2)11-12-31-13-14-32-15-16-33-25(28)27(19-21-7-5-9-23(17-21)29-3)20-22-8-6-10-24(18-22)30-4/h5-10,17-18H,11-16,19-20H2,1-4H3. The molecule has 2 aromatic carbocycles. The van der Waals surface area contributed by atoms with E-state index in [-0.39, 0.29) is 6.61 Å². The summed E-state index contributed by atoms with van der Waals surface area (Å²) in [6, 6.07) is 15.3. The van der Waals surface area contributed by atoms with Gasteiger partial charge in [-0.15, -0.1) is 0 Å². The molecule has 8 nitrogen and oxygen atoms in total. The normalized spacial score (nSPS) is 10.8. The second-order valence-corrected chi connectivity index (χ2v) is 7.70. The molecule has 2 aromatic rings. The Balaban J connectivity index is 1.87. The zero-order valence-corrected chi connectivity index (χ0v) is 20.1. The topological polar surface area (TPSA) is 69.7 Å². The quantitative estimate of drug-likeness (QED) is 0.377. The first-order valence-corrected chi connectivity index (χ1v) is 11.0. The molecule has 0 fully saturated rings. The van der Waals surface area contributed by atoms with Gasteiger partial charge in [0.05, 0.1) is 40.6 Å². The fraction of sp³-hybridized carbons (Fsp3) is 0.480. The van der Waals surface area contributed by atoms with Gasteiger partial charge in [-0.2, -0.15) is 0 Å². The summed E-state index contributed by atoms with van der Waals surface area (Å²) in [7, 11) is 7.24. The van der Waals surface area contributed by atoms with E-state index in [2.05, 4.69) is 4.90 Å². The van der Waals surface area contributed by atoms with Crippen molar-refractivity contribution < 1.29 is 28.5 Å². The maximum atomic E-state index is 12.9. The molecule has 0 aliphatic rings. The predicted octanol–water partition coefficient (Wildman–Crippen LogP) is 3.44. The number of methoxy groups -OCH3 is 2. The third-order valence-electron chi connectivity index (χ3n) is 4.78. The van der Waals surface area contributed by atoms with Crippen LogP contribution >= 0.6 is 0 Å². The van der Waals surface area contributed by atoms with Crippen molar-refractivity contribution in [1.29, 1.82) is 0 Å². The monoisotopic (exact) mass is 460 g/mol.